The molecule has 0 amide bonds. The van der Waals surface area contributed by atoms with Crippen LogP contribution in [0.3, 0.4) is 0 Å². The Hall–Kier alpha value is -0.810. The van der Waals surface area contributed by atoms with E-state index in [1.165, 1.54) is 0 Å². The molecule has 1 heterocycles. The van der Waals surface area contributed by atoms with Crippen molar-refractivity contribution in [3.8, 4) is 0 Å². The first-order valence-electron chi connectivity index (χ1n) is 8.02. The van der Waals surface area contributed by atoms with Gasteiger partial charge in [-0.1, -0.05) is 35.7 Å². The van der Waals surface area contributed by atoms with E-state index in [-0.39, 0.29) is 6.61 Å². The summed E-state index contributed by atoms with van der Waals surface area (Å²) in [6, 6.07) is 5.24. The van der Waals surface area contributed by atoms with Crippen molar-refractivity contribution in [3.05, 3.63) is 33.8 Å². The summed E-state index contributed by atoms with van der Waals surface area (Å²) >= 11 is 12.6. The molecule has 1 aromatic rings. The highest BCUT2D eigenvalue weighted by molar-refractivity contribution is 6.36. The summed E-state index contributed by atoms with van der Waals surface area (Å²) in [4.78, 5) is 12.4. The molecule has 1 saturated heterocycles. The Bertz CT molecular complexity index is 564. The topological polar surface area (TPSA) is 44.8 Å². The molecule has 2 aliphatic rings. The number of benzene rings is 1. The maximum Gasteiger partial charge on any atom is 0.338 e. The van der Waals surface area contributed by atoms with Gasteiger partial charge in [-0.05, 0) is 31.9 Å². The first-order chi connectivity index (χ1) is 11.1. The summed E-state index contributed by atoms with van der Waals surface area (Å²) in [5, 5.41) is 0.932. The molecule has 2 atom stereocenters. The molecule has 1 unspecified atom stereocenters. The lowest BCUT2D eigenvalue weighted by molar-refractivity contribution is -0.200. The van der Waals surface area contributed by atoms with E-state index in [1.807, 2.05) is 0 Å². The predicted octanol–water partition coefficient (Wildman–Crippen LogP) is 4.67. The predicted molar refractivity (Wildman–Crippen MR) is 87.6 cm³/mol. The van der Waals surface area contributed by atoms with E-state index >= 15 is 0 Å². The summed E-state index contributed by atoms with van der Waals surface area (Å²) in [7, 11) is 0. The highest BCUT2D eigenvalue weighted by Gasteiger charge is 2.52. The second-order valence-electron chi connectivity index (χ2n) is 5.94. The van der Waals surface area contributed by atoms with Gasteiger partial charge in [-0.3, -0.25) is 0 Å². The van der Waals surface area contributed by atoms with Gasteiger partial charge >= 0.3 is 5.97 Å². The van der Waals surface area contributed by atoms with Crippen molar-refractivity contribution >= 4 is 29.2 Å². The van der Waals surface area contributed by atoms with Crippen molar-refractivity contribution in [1.82, 2.24) is 0 Å². The lowest BCUT2D eigenvalue weighted by Crippen LogP contribution is -2.35. The number of carbonyl (C=O) groups excluding carboxylic acids is 1. The minimum atomic E-state index is -0.842. The number of halogens is 2. The molecular weight excluding hydrogens is 339 g/mol. The van der Waals surface area contributed by atoms with Crippen LogP contribution in [0.15, 0.2) is 18.2 Å². The van der Waals surface area contributed by atoms with E-state index in [9.17, 15) is 4.79 Å². The molecule has 1 aromatic carbocycles. The fourth-order valence-electron chi connectivity index (χ4n) is 3.33. The van der Waals surface area contributed by atoms with Crippen LogP contribution in [-0.4, -0.2) is 24.5 Å². The third-order valence-electron chi connectivity index (χ3n) is 4.38. The first-order valence-corrected chi connectivity index (χ1v) is 8.78. The van der Waals surface area contributed by atoms with Gasteiger partial charge in [0.05, 0.1) is 6.61 Å². The van der Waals surface area contributed by atoms with Crippen LogP contribution >= 0.6 is 23.2 Å². The summed E-state index contributed by atoms with van der Waals surface area (Å²) < 4.78 is 17.5. The highest BCUT2D eigenvalue weighted by Crippen LogP contribution is 2.49. The molecule has 1 aliphatic heterocycles. The van der Waals surface area contributed by atoms with Crippen molar-refractivity contribution in [2.45, 2.75) is 57.0 Å². The van der Waals surface area contributed by atoms with Crippen molar-refractivity contribution in [2.24, 2.45) is 0 Å². The largest absolute Gasteiger partial charge is 0.464 e. The molecule has 126 valence electrons. The highest BCUT2D eigenvalue weighted by atomic mass is 35.5. The van der Waals surface area contributed by atoms with Crippen molar-refractivity contribution in [1.29, 1.82) is 0 Å². The molecule has 0 N–H and O–H groups in total. The lowest BCUT2D eigenvalue weighted by Gasteiger charge is -2.31. The second kappa shape index (κ2) is 6.98. The van der Waals surface area contributed by atoms with Crippen LogP contribution in [0, 0.1) is 0 Å². The van der Waals surface area contributed by atoms with Crippen LogP contribution in [0.1, 0.15) is 50.7 Å². The standard InChI is InChI=1S/C17H20Cl2O4/c1-2-21-16(20)15-14(13-11(18)7-6-8-12(13)19)22-17(23-15)9-4-3-5-10-17/h6-8,14-15H,2-5,9-10H2,1H3/t14?,15-/m0/s1. The number of ether oxygens (including phenoxy) is 3. The zero-order valence-electron chi connectivity index (χ0n) is 13.0. The van der Waals surface area contributed by atoms with Gasteiger partial charge in [-0.25, -0.2) is 4.79 Å². The smallest absolute Gasteiger partial charge is 0.338 e. The third kappa shape index (κ3) is 3.36. The van der Waals surface area contributed by atoms with Crippen LogP contribution in [0.25, 0.3) is 0 Å². The van der Waals surface area contributed by atoms with Gasteiger partial charge < -0.3 is 14.2 Å². The minimum Gasteiger partial charge on any atom is -0.464 e. The number of carbonyl (C=O) groups is 1. The Balaban J connectivity index is 1.96. The molecule has 6 heteroatoms. The zero-order chi connectivity index (χ0) is 16.4. The Kier molecular flexibility index (Phi) is 5.16. The average molecular weight is 359 g/mol. The van der Waals surface area contributed by atoms with E-state index in [1.54, 1.807) is 25.1 Å². The Labute approximate surface area is 146 Å². The summed E-state index contributed by atoms with van der Waals surface area (Å²) in [6.45, 7) is 2.05. The van der Waals surface area contributed by atoms with E-state index in [4.69, 9.17) is 37.4 Å². The van der Waals surface area contributed by atoms with Crippen molar-refractivity contribution in [3.63, 3.8) is 0 Å². The van der Waals surface area contributed by atoms with Crippen LogP contribution in [-0.2, 0) is 19.0 Å². The molecule has 3 rings (SSSR count). The fourth-order valence-corrected chi connectivity index (χ4v) is 3.94. The Morgan fingerprint density at radius 1 is 1.22 bits per heavy atom. The van der Waals surface area contributed by atoms with Crippen molar-refractivity contribution in [2.75, 3.05) is 6.61 Å². The number of hydrogen-bond donors (Lipinski definition) is 0. The van der Waals surface area contributed by atoms with Crippen LogP contribution in [0.5, 0.6) is 0 Å². The number of hydrogen-bond acceptors (Lipinski definition) is 4. The lowest BCUT2D eigenvalue weighted by atomic mass is 9.94. The second-order valence-corrected chi connectivity index (χ2v) is 6.75. The SMILES string of the molecule is CCOC(=O)[C@H]1OC2(CCCCC2)OC1c1c(Cl)cccc1Cl. The van der Waals surface area contributed by atoms with Crippen molar-refractivity contribution < 1.29 is 19.0 Å². The van der Waals surface area contributed by atoms with E-state index in [2.05, 4.69) is 0 Å². The number of esters is 1. The molecule has 0 radical (unpaired) electrons. The quantitative estimate of drug-likeness (QED) is 0.736. The molecule has 1 saturated carbocycles. The molecule has 0 bridgehead atoms. The molecule has 1 spiro atoms. The van der Waals surface area contributed by atoms with Crippen LogP contribution < -0.4 is 0 Å². The van der Waals surface area contributed by atoms with Gasteiger partial charge in [0, 0.05) is 28.5 Å². The average Bonchev–Trinajstić information content (AvgIpc) is 2.87. The van der Waals surface area contributed by atoms with Gasteiger partial charge in [0.2, 0.25) is 0 Å². The van der Waals surface area contributed by atoms with E-state index in [0.717, 1.165) is 32.1 Å². The molecule has 23 heavy (non-hydrogen) atoms. The summed E-state index contributed by atoms with van der Waals surface area (Å²) in [6.07, 6.45) is 3.22. The zero-order valence-corrected chi connectivity index (χ0v) is 14.5. The molecule has 4 nitrogen and oxygen atoms in total. The van der Waals surface area contributed by atoms with Gasteiger partial charge in [0.1, 0.15) is 6.10 Å². The maximum atomic E-state index is 12.4. The molecule has 0 aromatic heterocycles. The van der Waals surface area contributed by atoms with Gasteiger partial charge in [0.25, 0.3) is 0 Å². The van der Waals surface area contributed by atoms with Gasteiger partial charge in [-0.15, -0.1) is 0 Å². The third-order valence-corrected chi connectivity index (χ3v) is 5.04. The van der Waals surface area contributed by atoms with E-state index in [0.29, 0.717) is 15.6 Å². The minimum absolute atomic E-state index is 0.286. The Morgan fingerprint density at radius 2 is 1.87 bits per heavy atom. The fraction of sp³-hybridized carbons (Fsp3) is 0.588. The first kappa shape index (κ1) is 17.0. The van der Waals surface area contributed by atoms with Gasteiger partial charge in [0.15, 0.2) is 11.9 Å². The normalized spacial score (nSPS) is 26.4. The van der Waals surface area contributed by atoms with Gasteiger partial charge in [-0.2, -0.15) is 0 Å². The monoisotopic (exact) mass is 358 g/mol. The van der Waals surface area contributed by atoms with Crippen LogP contribution in [0.2, 0.25) is 10.0 Å². The molecule has 2 fully saturated rings. The molecule has 1 aliphatic carbocycles. The molecular formula is C17H20Cl2O4. The number of rotatable bonds is 3. The van der Waals surface area contributed by atoms with E-state index < -0.39 is 24.0 Å². The Morgan fingerprint density at radius 3 is 2.48 bits per heavy atom. The maximum absolute atomic E-state index is 12.4. The van der Waals surface area contributed by atoms with Crippen LogP contribution in [0.4, 0.5) is 0 Å². The summed E-state index contributed by atoms with van der Waals surface area (Å²) in [5.41, 5.74) is 0.594. The summed E-state index contributed by atoms with van der Waals surface area (Å²) in [5.74, 6) is -1.17.